The van der Waals surface area contributed by atoms with Crippen LogP contribution in [0.4, 0.5) is 17.1 Å². The van der Waals surface area contributed by atoms with Gasteiger partial charge in [-0.1, -0.05) is 27.7 Å². The average molecular weight is 1530 g/mol. The van der Waals surface area contributed by atoms with E-state index in [2.05, 4.69) is 63.8 Å². The van der Waals surface area contributed by atoms with Crippen LogP contribution in [-0.2, 0) is 64.0 Å². The molecule has 0 spiro atoms. The summed E-state index contributed by atoms with van der Waals surface area (Å²) in [6, 6.07) is -4.18. The number of anilines is 1. The second kappa shape index (κ2) is 42.7. The van der Waals surface area contributed by atoms with Gasteiger partial charge in [0, 0.05) is 69.2 Å². The number of non-ortho nitro benzene ring substituents is 1. The van der Waals surface area contributed by atoms with Crippen LogP contribution in [-0.4, -0.2) is 209 Å². The van der Waals surface area contributed by atoms with Gasteiger partial charge in [0.2, 0.25) is 53.2 Å². The molecule has 0 bridgehead atoms. The second-order valence-corrected chi connectivity index (χ2v) is 26.7. The van der Waals surface area contributed by atoms with Gasteiger partial charge in [-0.2, -0.15) is 0 Å². The van der Waals surface area contributed by atoms with E-state index in [0.717, 1.165) is 30.0 Å². The molecule has 598 valence electrons. The molecule has 26 N–H and O–H groups in total. The van der Waals surface area contributed by atoms with Crippen molar-refractivity contribution in [2.75, 3.05) is 51.7 Å². The molecular formula is C66H99N23O20. The number of fused-ring (bicyclic) bond motifs is 1. The van der Waals surface area contributed by atoms with Crippen molar-refractivity contribution in [1.29, 1.82) is 16.2 Å². The van der Waals surface area contributed by atoms with Gasteiger partial charge in [0.25, 0.3) is 17.3 Å². The Hall–Kier alpha value is -12.3. The van der Waals surface area contributed by atoms with E-state index in [1.807, 2.05) is 0 Å². The Kier molecular flexibility index (Phi) is 34.9. The number of carbonyl (C=O) groups excluding carboxylic acids is 11. The van der Waals surface area contributed by atoms with E-state index in [4.69, 9.17) is 54.1 Å². The molecule has 0 radical (unpaired) electrons. The normalized spacial score (nSPS) is 14.9. The van der Waals surface area contributed by atoms with Gasteiger partial charge in [0.15, 0.2) is 29.2 Å². The highest BCUT2D eigenvalue weighted by molar-refractivity contribution is 6.13. The Labute approximate surface area is 624 Å². The first-order chi connectivity index (χ1) is 51.2. The Morgan fingerprint density at radius 2 is 1.19 bits per heavy atom. The third-order valence-electron chi connectivity index (χ3n) is 17.1. The second-order valence-electron chi connectivity index (χ2n) is 26.7. The number of carboxylic acid groups (broad SMARTS) is 1. The lowest BCUT2D eigenvalue weighted by Gasteiger charge is -2.34. The third-order valence-corrected chi connectivity index (χ3v) is 17.1. The molecule has 0 saturated carbocycles. The topological polar surface area (TPSA) is 700 Å². The number of carboxylic acids is 1. The Morgan fingerprint density at radius 3 is 1.75 bits per heavy atom. The summed E-state index contributed by atoms with van der Waals surface area (Å²) in [5.74, 6) is -13.9. The van der Waals surface area contributed by atoms with E-state index < -0.39 is 207 Å². The van der Waals surface area contributed by atoms with Crippen LogP contribution < -0.4 is 103 Å². The predicted octanol–water partition coefficient (Wildman–Crippen LogP) is -3.71. The van der Waals surface area contributed by atoms with Gasteiger partial charge >= 0.3 is 11.6 Å². The average Bonchev–Trinajstić information content (AvgIpc) is 1.77. The van der Waals surface area contributed by atoms with Gasteiger partial charge in [0.1, 0.15) is 65.4 Å². The summed E-state index contributed by atoms with van der Waals surface area (Å²) in [5, 5.41) is 86.0. The predicted molar refractivity (Wildman–Crippen MR) is 392 cm³/mol. The zero-order valence-electron chi connectivity index (χ0n) is 61.2. The maximum Gasteiger partial charge on any atom is 0.336 e. The van der Waals surface area contributed by atoms with E-state index in [1.165, 1.54) is 13.2 Å². The van der Waals surface area contributed by atoms with Crippen molar-refractivity contribution < 1.29 is 81.6 Å². The number of nitro groups is 2. The zero-order valence-corrected chi connectivity index (χ0v) is 61.2. The molecule has 43 nitrogen and oxygen atoms in total. The number of methoxy groups -OCH3 is 1. The van der Waals surface area contributed by atoms with Crippen molar-refractivity contribution in [3.63, 3.8) is 0 Å². The molecule has 109 heavy (non-hydrogen) atoms. The van der Waals surface area contributed by atoms with Crippen LogP contribution in [0.2, 0.25) is 0 Å². The number of aliphatic carboxylic acids is 1. The van der Waals surface area contributed by atoms with Crippen LogP contribution >= 0.6 is 0 Å². The number of ether oxygens (including phenoxy) is 1. The Balaban J connectivity index is 1.59. The molecule has 0 unspecified atom stereocenters. The molecule has 9 atom stereocenters. The summed E-state index contributed by atoms with van der Waals surface area (Å²) in [6.07, 6.45) is -2.12. The number of benzene rings is 2. The molecule has 1 saturated heterocycles. The number of hydrogen-bond acceptors (Lipinski definition) is 24. The summed E-state index contributed by atoms with van der Waals surface area (Å²) in [5.41, 5.74) is 23.8. The van der Waals surface area contributed by atoms with Gasteiger partial charge in [-0.05, 0) is 113 Å². The van der Waals surface area contributed by atoms with Crippen molar-refractivity contribution in [2.45, 2.75) is 172 Å². The van der Waals surface area contributed by atoms with Crippen molar-refractivity contribution in [3.8, 4) is 5.75 Å². The molecule has 4 rings (SSSR count). The summed E-state index contributed by atoms with van der Waals surface area (Å²) in [4.78, 5) is 202. The molecule has 43 heteroatoms. The van der Waals surface area contributed by atoms with E-state index in [0.29, 0.717) is 17.2 Å². The van der Waals surface area contributed by atoms with Crippen LogP contribution in [0.15, 0.2) is 51.7 Å². The highest BCUT2D eigenvalue weighted by atomic mass is 16.6. The van der Waals surface area contributed by atoms with E-state index in [1.54, 1.807) is 39.8 Å². The highest BCUT2D eigenvalue weighted by Gasteiger charge is 2.48. The molecule has 10 amide bonds. The van der Waals surface area contributed by atoms with Gasteiger partial charge in [-0.25, -0.2) is 4.79 Å². The van der Waals surface area contributed by atoms with E-state index in [9.17, 15) is 87.7 Å². The number of ketones is 1. The minimum absolute atomic E-state index is 0.00842. The highest BCUT2D eigenvalue weighted by Crippen LogP contribution is 2.31. The Morgan fingerprint density at radius 1 is 0.651 bits per heavy atom. The molecule has 2 aromatic carbocycles. The van der Waals surface area contributed by atoms with Crippen molar-refractivity contribution >= 4 is 117 Å². The largest absolute Gasteiger partial charge is 0.497 e. The first-order valence-electron chi connectivity index (χ1n) is 34.8. The number of likely N-dealkylation sites (tertiary alicyclic amines) is 1. The lowest BCUT2D eigenvalue weighted by atomic mass is 9.84. The summed E-state index contributed by atoms with van der Waals surface area (Å²) < 4.78 is 10.6. The van der Waals surface area contributed by atoms with Crippen LogP contribution in [0.3, 0.4) is 0 Å². The minimum atomic E-state index is -2.32. The fourth-order valence-electron chi connectivity index (χ4n) is 11.5. The summed E-state index contributed by atoms with van der Waals surface area (Å²) >= 11 is 0. The minimum Gasteiger partial charge on any atom is -0.497 e. The number of Topliss-reactive ketones (excluding diaryl/α,β-unsaturated/α-hetero) is 1. The number of guanidine groups is 3. The van der Waals surface area contributed by atoms with Crippen molar-refractivity contribution in [3.05, 3.63) is 78.7 Å². The third kappa shape index (κ3) is 28.8. The van der Waals surface area contributed by atoms with Gasteiger partial charge < -0.3 is 112 Å². The van der Waals surface area contributed by atoms with Crippen molar-refractivity contribution in [1.82, 2.24) is 63.4 Å². The lowest BCUT2D eigenvalue weighted by molar-refractivity contribution is -0.393. The smallest absolute Gasteiger partial charge is 0.336 e. The maximum atomic E-state index is 14.8. The Bertz CT molecular complexity index is 3930. The number of nitrogens with zero attached hydrogens (tertiary/aromatic N) is 3. The number of hydrogen-bond donors (Lipinski definition) is 21. The number of nitrogens with one attached hydrogen (secondary N) is 15. The molecule has 0 aliphatic carbocycles. The zero-order chi connectivity index (χ0) is 81.6. The molecule has 1 aliphatic rings. The molecular weight excluding hydrogens is 1430 g/mol. The summed E-state index contributed by atoms with van der Waals surface area (Å²) in [6.45, 7) is 6.35. The van der Waals surface area contributed by atoms with Crippen molar-refractivity contribution in [2.24, 2.45) is 40.5 Å². The van der Waals surface area contributed by atoms with Gasteiger partial charge in [0.05, 0.1) is 29.6 Å². The number of amides is 10. The number of carbonyl (C=O) groups is 12. The molecule has 1 fully saturated rings. The fraction of sp³-hybridized carbons (Fsp3) is 0.545. The molecule has 3 aromatic rings. The van der Waals surface area contributed by atoms with E-state index in [-0.39, 0.29) is 113 Å². The standard InChI is InChI=1S/C66H99N23O20/c1-33(2)25-44(85-61(102)47-13-9-24-87(47)62(103)66(74,20-10-23-77-65(72)73)50(90)27-36-28-53(94)109-49-30-38(108-6)15-16-39(36)49)56(97)79-32-51(91)81-45(26-34(3)4)59(100)86-46(31-78-40-17-14-37(88(104)105)29-48(40)89(106)107)60(101)80-35(5)55(96)83-42(12-8-22-76-64(70)71)57(98)84-43(18-19-52(92)93)58(99)82-41(54(67)95)11-7-21-75-63(68)69/h14-17,28-30,33-35,41-47,78H,7-13,18-27,31-32,74H2,1-6H3,(H2,67,95)(H,79,97)(H,80,101)(H,81,91)(H,82,99)(H,83,96)(H,84,98)(H,85,102)(H,86,100)(H,92,93)(H4,68,69,75)(H4,70,71,76)(H4,72,73,77)/t35-,41-,42-,43-,44-,45-,46-,47-,66+/m0/s1. The van der Waals surface area contributed by atoms with Crippen LogP contribution in [0, 0.1) is 48.3 Å². The number of nitrogens with two attached hydrogens (primary N) is 5. The molecule has 1 aromatic heterocycles. The first kappa shape index (κ1) is 89.1. The SMILES string of the molecule is COc1ccc2c(CC(=O)[C@](N)(CCCNC(=N)N)C(=O)N3CCC[C@H]3C(=O)N[C@@H](CC(C)C)C(=O)NCC(=O)N[C@@H](CC(C)C)C(=O)N[C@@H](CNc3ccc([N+](=O)[O-])cc3[N+](=O)[O-])C(=O)N[C@@H](C)C(=O)N[C@@H](CCCNC(=N)N)C(=O)N[C@@H](CCC(=O)O)C(=O)N[C@@H](CCCNC(=N)N)C(N)=O)cc(=O)oc2c1. The van der Waals surface area contributed by atoms with Crippen LogP contribution in [0.1, 0.15) is 117 Å². The molecule has 1 aliphatic heterocycles. The number of primary amides is 1. The number of rotatable bonds is 46. The molecule has 2 heterocycles. The number of nitro benzene ring substituents is 2. The maximum absolute atomic E-state index is 14.8. The van der Waals surface area contributed by atoms with E-state index >= 15 is 0 Å². The monoisotopic (exact) mass is 1530 g/mol. The lowest BCUT2D eigenvalue weighted by Crippen LogP contribution is -2.64. The fourth-order valence-corrected chi connectivity index (χ4v) is 11.5. The first-order valence-corrected chi connectivity index (χ1v) is 34.8. The van der Waals surface area contributed by atoms with Crippen LogP contribution in [0.5, 0.6) is 5.75 Å². The quantitative estimate of drug-likeness (QED) is 0.00492. The van der Waals surface area contributed by atoms with Crippen LogP contribution in [0.25, 0.3) is 11.0 Å². The van der Waals surface area contributed by atoms with Gasteiger partial charge in [-0.3, -0.25) is 94.0 Å². The van der Waals surface area contributed by atoms with Gasteiger partial charge in [-0.15, -0.1) is 0 Å². The summed E-state index contributed by atoms with van der Waals surface area (Å²) in [7, 11) is 1.40.